The maximum absolute atomic E-state index is 11.2. The van der Waals surface area contributed by atoms with Crippen LogP contribution in [0.3, 0.4) is 0 Å². The first-order chi connectivity index (χ1) is 11.2. The third-order valence-corrected chi connectivity index (χ3v) is 4.67. The fourth-order valence-electron chi connectivity index (χ4n) is 3.30. The first kappa shape index (κ1) is 16.0. The van der Waals surface area contributed by atoms with Crippen LogP contribution in [0, 0.1) is 5.92 Å². The van der Waals surface area contributed by atoms with Crippen molar-refractivity contribution in [2.75, 3.05) is 38.6 Å². The molecule has 0 saturated carbocycles. The summed E-state index contributed by atoms with van der Waals surface area (Å²) in [6.07, 6.45) is 5.42. The Morgan fingerprint density at radius 2 is 2.17 bits per heavy atom. The van der Waals surface area contributed by atoms with E-state index in [1.165, 1.54) is 6.33 Å². The number of ether oxygens (including phenoxy) is 1. The normalized spacial score (nSPS) is 23.3. The lowest BCUT2D eigenvalue weighted by Crippen LogP contribution is -2.45. The summed E-state index contributed by atoms with van der Waals surface area (Å²) in [6, 6.07) is 2.27. The Morgan fingerprint density at radius 1 is 1.35 bits per heavy atom. The minimum absolute atomic E-state index is 0.199. The van der Waals surface area contributed by atoms with Gasteiger partial charge in [0, 0.05) is 44.7 Å². The molecule has 1 unspecified atom stereocenters. The first-order valence-corrected chi connectivity index (χ1v) is 8.34. The molecule has 2 fully saturated rings. The summed E-state index contributed by atoms with van der Waals surface area (Å²) in [7, 11) is 1.61. The van der Waals surface area contributed by atoms with E-state index in [4.69, 9.17) is 4.74 Å². The maximum Gasteiger partial charge on any atom is 0.220 e. The second-order valence-corrected chi connectivity index (χ2v) is 6.37. The Balaban J connectivity index is 1.42. The van der Waals surface area contributed by atoms with Gasteiger partial charge in [0.15, 0.2) is 0 Å². The average molecular weight is 319 g/mol. The highest BCUT2D eigenvalue weighted by Crippen LogP contribution is 2.19. The third kappa shape index (κ3) is 4.54. The molecular formula is C16H25N5O2. The van der Waals surface area contributed by atoms with E-state index in [1.54, 1.807) is 7.11 Å². The van der Waals surface area contributed by atoms with Gasteiger partial charge in [0.05, 0.1) is 7.11 Å². The van der Waals surface area contributed by atoms with E-state index in [1.807, 2.05) is 6.07 Å². The monoisotopic (exact) mass is 319 g/mol. The molecule has 2 aliphatic heterocycles. The number of nitrogens with one attached hydrogen (secondary N) is 2. The lowest BCUT2D eigenvalue weighted by atomic mass is 9.96. The number of amides is 1. The van der Waals surface area contributed by atoms with Crippen molar-refractivity contribution < 1.29 is 9.53 Å². The van der Waals surface area contributed by atoms with Crippen molar-refractivity contribution in [1.29, 1.82) is 0 Å². The quantitative estimate of drug-likeness (QED) is 0.839. The van der Waals surface area contributed by atoms with Crippen molar-refractivity contribution in [1.82, 2.24) is 20.2 Å². The van der Waals surface area contributed by atoms with E-state index in [0.717, 1.165) is 51.3 Å². The van der Waals surface area contributed by atoms with Crippen molar-refractivity contribution in [3.05, 3.63) is 12.4 Å². The molecule has 126 valence electrons. The highest BCUT2D eigenvalue weighted by atomic mass is 16.5. The van der Waals surface area contributed by atoms with Crippen LogP contribution < -0.4 is 15.4 Å². The Hall–Kier alpha value is -1.89. The molecule has 0 radical (unpaired) electrons. The Bertz CT molecular complexity index is 521. The third-order valence-electron chi connectivity index (χ3n) is 4.67. The summed E-state index contributed by atoms with van der Waals surface area (Å²) >= 11 is 0. The molecule has 23 heavy (non-hydrogen) atoms. The van der Waals surface area contributed by atoms with Crippen LogP contribution in [0.15, 0.2) is 12.4 Å². The predicted octanol–water partition coefficient (Wildman–Crippen LogP) is 0.888. The second-order valence-electron chi connectivity index (χ2n) is 6.37. The van der Waals surface area contributed by atoms with Crippen LogP contribution in [0.25, 0.3) is 0 Å². The Morgan fingerprint density at radius 3 is 2.87 bits per heavy atom. The van der Waals surface area contributed by atoms with Crippen LogP contribution in [-0.2, 0) is 4.79 Å². The Kier molecular flexibility index (Phi) is 5.27. The molecule has 0 spiro atoms. The van der Waals surface area contributed by atoms with Crippen molar-refractivity contribution in [2.45, 2.75) is 31.7 Å². The van der Waals surface area contributed by atoms with Gasteiger partial charge in [0.1, 0.15) is 12.1 Å². The highest BCUT2D eigenvalue weighted by molar-refractivity contribution is 5.76. The first-order valence-electron chi connectivity index (χ1n) is 8.34. The van der Waals surface area contributed by atoms with E-state index >= 15 is 0 Å². The van der Waals surface area contributed by atoms with E-state index < -0.39 is 0 Å². The van der Waals surface area contributed by atoms with Crippen LogP contribution >= 0.6 is 0 Å². The molecule has 7 nitrogen and oxygen atoms in total. The smallest absolute Gasteiger partial charge is 0.220 e. The van der Waals surface area contributed by atoms with Crippen LogP contribution in [0.5, 0.6) is 5.88 Å². The molecular weight excluding hydrogens is 294 g/mol. The predicted molar refractivity (Wildman–Crippen MR) is 87.4 cm³/mol. The van der Waals surface area contributed by atoms with E-state index in [0.29, 0.717) is 24.3 Å². The molecule has 1 aromatic rings. The molecule has 2 N–H and O–H groups in total. The molecule has 1 atom stereocenters. The van der Waals surface area contributed by atoms with Crippen LogP contribution in [0.2, 0.25) is 0 Å². The van der Waals surface area contributed by atoms with Crippen molar-refractivity contribution in [3.8, 4) is 5.88 Å². The van der Waals surface area contributed by atoms with Crippen LogP contribution in [0.4, 0.5) is 5.82 Å². The van der Waals surface area contributed by atoms with E-state index in [2.05, 4.69) is 25.5 Å². The fraction of sp³-hybridized carbons (Fsp3) is 0.688. The number of rotatable bonds is 5. The minimum Gasteiger partial charge on any atom is -0.481 e. The molecule has 0 bridgehead atoms. The number of hydrogen-bond donors (Lipinski definition) is 2. The van der Waals surface area contributed by atoms with Gasteiger partial charge in [0.2, 0.25) is 11.8 Å². The summed E-state index contributed by atoms with van der Waals surface area (Å²) in [5, 5.41) is 6.44. The number of aromatic nitrogens is 2. The number of carbonyl (C=O) groups excluding carboxylic acids is 1. The molecule has 1 amide bonds. The number of piperidine rings is 2. The molecule has 3 rings (SSSR count). The van der Waals surface area contributed by atoms with E-state index in [9.17, 15) is 4.79 Å². The Labute approximate surface area is 136 Å². The summed E-state index contributed by atoms with van der Waals surface area (Å²) < 4.78 is 5.12. The summed E-state index contributed by atoms with van der Waals surface area (Å²) in [5.41, 5.74) is 0. The lowest BCUT2D eigenvalue weighted by molar-refractivity contribution is -0.123. The average Bonchev–Trinajstić information content (AvgIpc) is 2.59. The molecule has 2 saturated heterocycles. The van der Waals surface area contributed by atoms with Gasteiger partial charge < -0.3 is 20.3 Å². The fourth-order valence-corrected chi connectivity index (χ4v) is 3.30. The highest BCUT2D eigenvalue weighted by Gasteiger charge is 2.24. The molecule has 0 aliphatic carbocycles. The summed E-state index contributed by atoms with van der Waals surface area (Å²) in [5.74, 6) is 2.21. The lowest BCUT2D eigenvalue weighted by Gasteiger charge is -2.35. The molecule has 3 heterocycles. The molecule has 7 heteroatoms. The number of nitrogens with zero attached hydrogens (tertiary/aromatic N) is 3. The molecule has 0 aromatic carbocycles. The van der Waals surface area contributed by atoms with Crippen LogP contribution in [0.1, 0.15) is 25.7 Å². The molecule has 1 aromatic heterocycles. The molecule has 2 aliphatic rings. The zero-order valence-electron chi connectivity index (χ0n) is 13.6. The zero-order valence-corrected chi connectivity index (χ0v) is 13.6. The standard InChI is InChI=1S/C16H25N5O2/c1-23-16-8-14(18-11-19-16)20-13-4-6-21(7-5-13)10-12-2-3-15(22)17-9-12/h8,11-13H,2-7,9-10H2,1H3,(H,17,22)(H,18,19,20). The number of anilines is 1. The largest absolute Gasteiger partial charge is 0.481 e. The van der Waals surface area contributed by atoms with Crippen molar-refractivity contribution >= 4 is 11.7 Å². The van der Waals surface area contributed by atoms with Gasteiger partial charge in [-0.25, -0.2) is 9.97 Å². The second kappa shape index (κ2) is 7.59. The summed E-state index contributed by atoms with van der Waals surface area (Å²) in [6.45, 7) is 4.10. The van der Waals surface area contributed by atoms with Crippen molar-refractivity contribution in [3.63, 3.8) is 0 Å². The number of likely N-dealkylation sites (tertiary alicyclic amines) is 1. The zero-order chi connectivity index (χ0) is 16.1. The number of hydrogen-bond acceptors (Lipinski definition) is 6. The van der Waals surface area contributed by atoms with Gasteiger partial charge in [-0.05, 0) is 25.2 Å². The topological polar surface area (TPSA) is 79.4 Å². The summed E-state index contributed by atoms with van der Waals surface area (Å²) in [4.78, 5) is 22.0. The number of carbonyl (C=O) groups is 1. The number of methoxy groups -OCH3 is 1. The van der Waals surface area contributed by atoms with E-state index in [-0.39, 0.29) is 5.91 Å². The van der Waals surface area contributed by atoms with Gasteiger partial charge in [-0.15, -0.1) is 0 Å². The van der Waals surface area contributed by atoms with Gasteiger partial charge in [-0.3, -0.25) is 4.79 Å². The van der Waals surface area contributed by atoms with Gasteiger partial charge in [-0.2, -0.15) is 0 Å². The van der Waals surface area contributed by atoms with Crippen molar-refractivity contribution in [2.24, 2.45) is 5.92 Å². The van der Waals surface area contributed by atoms with Gasteiger partial charge in [0.25, 0.3) is 0 Å². The maximum atomic E-state index is 11.2. The van der Waals surface area contributed by atoms with Gasteiger partial charge in [-0.1, -0.05) is 0 Å². The van der Waals surface area contributed by atoms with Crippen LogP contribution in [-0.4, -0.2) is 60.1 Å². The minimum atomic E-state index is 0.199. The SMILES string of the molecule is COc1cc(NC2CCN(CC3CCC(=O)NC3)CC2)ncn1. The van der Waals surface area contributed by atoms with Gasteiger partial charge >= 0.3 is 0 Å².